The zero-order chi connectivity index (χ0) is 21.5. The first kappa shape index (κ1) is 20.2. The predicted octanol–water partition coefficient (Wildman–Crippen LogP) is 3.09. The van der Waals surface area contributed by atoms with Crippen LogP contribution in [0.1, 0.15) is 43.2 Å². The normalized spacial score (nSPS) is 21.7. The maximum atomic E-state index is 12.9. The molecule has 0 spiro atoms. The summed E-state index contributed by atoms with van der Waals surface area (Å²) in [5.74, 6) is 0.591. The Balaban J connectivity index is 1.20. The highest BCUT2D eigenvalue weighted by atomic mass is 32.2. The highest BCUT2D eigenvalue weighted by Gasteiger charge is 2.40. The second-order valence-electron chi connectivity index (χ2n) is 8.87. The van der Waals surface area contributed by atoms with Crippen molar-refractivity contribution in [2.45, 2.75) is 42.4 Å². The fraction of sp³-hybridized carbons (Fsp3) is 0.417. The minimum absolute atomic E-state index is 0.0435. The van der Waals surface area contributed by atoms with Crippen molar-refractivity contribution in [3.05, 3.63) is 65.7 Å². The Hall–Kier alpha value is -2.67. The number of hydrogen-bond donors (Lipinski definition) is 1. The largest absolute Gasteiger partial charge is 0.355 e. The Kier molecular flexibility index (Phi) is 5.08. The van der Waals surface area contributed by atoms with Gasteiger partial charge in [0.15, 0.2) is 5.84 Å². The molecule has 162 valence electrons. The molecule has 2 aromatic rings. The van der Waals surface area contributed by atoms with Gasteiger partial charge in [0.2, 0.25) is 5.91 Å². The number of nitrogens with zero attached hydrogens (tertiary/aromatic N) is 2. The summed E-state index contributed by atoms with van der Waals surface area (Å²) in [4.78, 5) is 15.2. The minimum Gasteiger partial charge on any atom is -0.355 e. The van der Waals surface area contributed by atoms with Crippen LogP contribution in [0, 0.1) is 5.92 Å². The first-order valence-electron chi connectivity index (χ1n) is 11.0. The lowest BCUT2D eigenvalue weighted by atomic mass is 9.64. The maximum absolute atomic E-state index is 12.9. The van der Waals surface area contributed by atoms with E-state index >= 15 is 0 Å². The van der Waals surface area contributed by atoms with Gasteiger partial charge < -0.3 is 10.2 Å². The second-order valence-corrected chi connectivity index (χ2v) is 10.4. The molecule has 0 aromatic heterocycles. The summed E-state index contributed by atoms with van der Waals surface area (Å²) in [7, 11) is -3.61. The number of piperidine rings is 1. The number of rotatable bonds is 4. The molecule has 0 atom stereocenters. The van der Waals surface area contributed by atoms with Gasteiger partial charge in [0, 0.05) is 36.5 Å². The van der Waals surface area contributed by atoms with Crippen LogP contribution in [0.4, 0.5) is 0 Å². The number of amidine groups is 1. The molecule has 0 unspecified atom stereocenters. The quantitative estimate of drug-likeness (QED) is 0.797. The molecule has 3 aliphatic rings. The summed E-state index contributed by atoms with van der Waals surface area (Å²) >= 11 is 0. The number of hydrogen-bond acceptors (Lipinski definition) is 4. The minimum atomic E-state index is -3.61. The maximum Gasteiger partial charge on any atom is 0.285 e. The fourth-order valence-electron chi connectivity index (χ4n) is 5.03. The van der Waals surface area contributed by atoms with Crippen molar-refractivity contribution in [2.75, 3.05) is 19.6 Å². The van der Waals surface area contributed by atoms with E-state index in [2.05, 4.69) is 34.0 Å². The topological polar surface area (TPSA) is 78.8 Å². The predicted molar refractivity (Wildman–Crippen MR) is 119 cm³/mol. The van der Waals surface area contributed by atoms with Crippen LogP contribution in [0.25, 0.3) is 0 Å². The van der Waals surface area contributed by atoms with E-state index in [4.69, 9.17) is 0 Å². The summed E-state index contributed by atoms with van der Waals surface area (Å²) in [5.41, 5.74) is 2.06. The highest BCUT2D eigenvalue weighted by molar-refractivity contribution is 7.90. The third-order valence-corrected chi connectivity index (χ3v) is 8.40. The molecule has 2 aliphatic heterocycles. The number of benzene rings is 2. The van der Waals surface area contributed by atoms with E-state index in [9.17, 15) is 13.2 Å². The molecule has 0 radical (unpaired) electrons. The third kappa shape index (κ3) is 3.65. The van der Waals surface area contributed by atoms with Gasteiger partial charge in [-0.25, -0.2) is 0 Å². The first-order valence-corrected chi connectivity index (χ1v) is 12.5. The second kappa shape index (κ2) is 7.79. The molecule has 5 rings (SSSR count). The van der Waals surface area contributed by atoms with Crippen LogP contribution in [-0.4, -0.2) is 44.7 Å². The van der Waals surface area contributed by atoms with Crippen LogP contribution in [0.2, 0.25) is 0 Å². The summed E-state index contributed by atoms with van der Waals surface area (Å²) < 4.78 is 28.7. The lowest BCUT2D eigenvalue weighted by Gasteiger charge is -2.43. The zero-order valence-electron chi connectivity index (χ0n) is 17.5. The molecule has 1 amide bonds. The molecule has 6 nitrogen and oxygen atoms in total. The Morgan fingerprint density at radius 2 is 1.71 bits per heavy atom. The highest BCUT2D eigenvalue weighted by Crippen LogP contribution is 2.43. The molecular formula is C24H27N3O3S. The number of carbonyl (C=O) groups is 1. The van der Waals surface area contributed by atoms with Crippen molar-refractivity contribution >= 4 is 21.8 Å². The lowest BCUT2D eigenvalue weighted by Crippen LogP contribution is -2.48. The van der Waals surface area contributed by atoms with E-state index in [1.165, 1.54) is 12.0 Å². The molecule has 1 N–H and O–H groups in total. The molecule has 2 heterocycles. The average molecular weight is 438 g/mol. The van der Waals surface area contributed by atoms with E-state index < -0.39 is 10.0 Å². The van der Waals surface area contributed by atoms with Crippen LogP contribution < -0.4 is 5.32 Å². The molecule has 0 bridgehead atoms. The number of fused-ring (bicyclic) bond motifs is 1. The summed E-state index contributed by atoms with van der Waals surface area (Å²) in [6, 6.07) is 17.4. The van der Waals surface area contributed by atoms with Crippen LogP contribution in [0.5, 0.6) is 0 Å². The van der Waals surface area contributed by atoms with Gasteiger partial charge in [-0.15, -0.1) is 4.40 Å². The van der Waals surface area contributed by atoms with Crippen molar-refractivity contribution in [3.8, 4) is 0 Å². The van der Waals surface area contributed by atoms with E-state index in [0.29, 0.717) is 43.9 Å². The van der Waals surface area contributed by atoms with Crippen molar-refractivity contribution in [1.29, 1.82) is 0 Å². The summed E-state index contributed by atoms with van der Waals surface area (Å²) in [6.45, 7) is 1.95. The van der Waals surface area contributed by atoms with Gasteiger partial charge in [-0.2, -0.15) is 8.42 Å². The summed E-state index contributed by atoms with van der Waals surface area (Å²) in [6.07, 6.45) is 4.83. The van der Waals surface area contributed by atoms with Gasteiger partial charge in [-0.3, -0.25) is 4.79 Å². The Morgan fingerprint density at radius 1 is 1.03 bits per heavy atom. The monoisotopic (exact) mass is 437 g/mol. The molecule has 1 saturated carbocycles. The van der Waals surface area contributed by atoms with Gasteiger partial charge in [-0.1, -0.05) is 48.9 Å². The molecule has 2 fully saturated rings. The Morgan fingerprint density at radius 3 is 2.39 bits per heavy atom. The van der Waals surface area contributed by atoms with Crippen LogP contribution in [-0.2, 0) is 20.2 Å². The molecule has 1 aliphatic carbocycles. The van der Waals surface area contributed by atoms with Gasteiger partial charge >= 0.3 is 0 Å². The summed E-state index contributed by atoms with van der Waals surface area (Å²) in [5, 5.41) is 3.22. The van der Waals surface area contributed by atoms with Gasteiger partial charge in [-0.05, 0) is 43.4 Å². The van der Waals surface area contributed by atoms with Crippen LogP contribution in [0.3, 0.4) is 0 Å². The van der Waals surface area contributed by atoms with Gasteiger partial charge in [0.05, 0.1) is 0 Å². The fourth-order valence-corrected chi connectivity index (χ4v) is 6.26. The molecule has 31 heavy (non-hydrogen) atoms. The molecule has 2 aromatic carbocycles. The Labute approximate surface area is 183 Å². The van der Waals surface area contributed by atoms with Crippen LogP contribution >= 0.6 is 0 Å². The van der Waals surface area contributed by atoms with Crippen molar-refractivity contribution in [2.24, 2.45) is 10.3 Å². The standard InChI is InChI=1S/C24H27N3O3S/c28-23(25-17-24(13-6-14-24)19-7-2-1-3-8-19)18-11-15-27(16-12-18)22-20-9-4-5-10-21(20)31(29,30)26-22/h1-5,7-10,18H,6,11-17H2,(H,25,28). The van der Waals surface area contributed by atoms with Gasteiger partial charge in [0.25, 0.3) is 10.0 Å². The van der Waals surface area contributed by atoms with E-state index in [1.807, 2.05) is 17.0 Å². The Bertz CT molecular complexity index is 1120. The number of amides is 1. The smallest absolute Gasteiger partial charge is 0.285 e. The third-order valence-electron chi connectivity index (χ3n) is 7.08. The van der Waals surface area contributed by atoms with Crippen molar-refractivity contribution < 1.29 is 13.2 Å². The van der Waals surface area contributed by atoms with Crippen molar-refractivity contribution in [1.82, 2.24) is 10.2 Å². The lowest BCUT2D eigenvalue weighted by molar-refractivity contribution is -0.126. The zero-order valence-corrected chi connectivity index (χ0v) is 18.3. The van der Waals surface area contributed by atoms with Crippen LogP contribution in [0.15, 0.2) is 63.9 Å². The number of likely N-dealkylation sites (tertiary alicyclic amines) is 1. The SMILES string of the molecule is O=C(NCC1(c2ccccc2)CCC1)C1CCN(C2=NS(=O)(=O)c3ccccc32)CC1. The first-order chi connectivity index (χ1) is 15.0. The molecule has 7 heteroatoms. The van der Waals surface area contributed by atoms with E-state index in [-0.39, 0.29) is 22.1 Å². The number of nitrogens with one attached hydrogen (secondary N) is 1. The van der Waals surface area contributed by atoms with Crippen molar-refractivity contribution in [3.63, 3.8) is 0 Å². The number of carbonyl (C=O) groups excluding carboxylic acids is 1. The molecular weight excluding hydrogens is 410 g/mol. The number of sulfonamides is 1. The molecule has 1 saturated heterocycles. The van der Waals surface area contributed by atoms with Gasteiger partial charge in [0.1, 0.15) is 4.90 Å². The average Bonchev–Trinajstić information content (AvgIpc) is 3.05. The van der Waals surface area contributed by atoms with E-state index in [1.54, 1.807) is 18.2 Å². The van der Waals surface area contributed by atoms with E-state index in [0.717, 1.165) is 12.8 Å².